The number of likely N-dealkylation sites (tertiary alicyclic amines) is 1. The molecule has 0 bridgehead atoms. The average molecular weight is 333 g/mol. The van der Waals surface area contributed by atoms with Crippen LogP contribution in [0, 0.1) is 0 Å². The number of nitrogens with one attached hydrogen (secondary N) is 1. The molecule has 1 aromatic rings. The molecule has 24 heavy (non-hydrogen) atoms. The molecule has 2 atom stereocenters. The summed E-state index contributed by atoms with van der Waals surface area (Å²) in [4.78, 5) is 24.9. The van der Waals surface area contributed by atoms with Gasteiger partial charge >= 0.3 is 0 Å². The number of anilines is 2. The van der Waals surface area contributed by atoms with Crippen LogP contribution < -0.4 is 10.2 Å². The molecule has 0 aliphatic carbocycles. The average Bonchev–Trinajstić information content (AvgIpc) is 3.13. The topological polar surface area (TPSA) is 81.6 Å². The summed E-state index contributed by atoms with van der Waals surface area (Å²) in [5.41, 5.74) is -0.158. The van der Waals surface area contributed by atoms with E-state index in [0.29, 0.717) is 13.0 Å². The van der Waals surface area contributed by atoms with Gasteiger partial charge in [-0.3, -0.25) is 4.79 Å². The third-order valence-electron chi connectivity index (χ3n) is 4.82. The van der Waals surface area contributed by atoms with Gasteiger partial charge in [-0.1, -0.05) is 0 Å². The minimum Gasteiger partial charge on any atom is -0.394 e. The van der Waals surface area contributed by atoms with E-state index in [0.717, 1.165) is 31.0 Å². The Balaban J connectivity index is 1.69. The molecule has 2 unspecified atom stereocenters. The number of carbonyl (C=O) groups excluding carboxylic acids is 1. The lowest BCUT2D eigenvalue weighted by molar-refractivity contribution is -0.131. The molecule has 7 heteroatoms. The van der Waals surface area contributed by atoms with Crippen LogP contribution >= 0.6 is 0 Å². The number of hydrogen-bond donors (Lipinski definition) is 2. The van der Waals surface area contributed by atoms with Gasteiger partial charge in [0.15, 0.2) is 0 Å². The zero-order valence-electron chi connectivity index (χ0n) is 14.7. The van der Waals surface area contributed by atoms with Crippen molar-refractivity contribution in [1.82, 2.24) is 14.9 Å². The zero-order chi connectivity index (χ0) is 17.3. The van der Waals surface area contributed by atoms with Gasteiger partial charge in [-0.05, 0) is 33.6 Å². The van der Waals surface area contributed by atoms with Crippen molar-refractivity contribution >= 4 is 17.5 Å². The van der Waals surface area contributed by atoms with Crippen molar-refractivity contribution in [2.24, 2.45) is 0 Å². The SMILES string of the molecule is CC(C)(C)N1CC(Nc2cc(N3CCCC3CO)ncn2)CC1=O. The molecule has 0 saturated carbocycles. The van der Waals surface area contributed by atoms with Crippen LogP contribution in [0.2, 0.25) is 0 Å². The molecule has 0 spiro atoms. The second-order valence-electron chi connectivity index (χ2n) is 7.65. The molecule has 2 aliphatic heterocycles. The minimum absolute atomic E-state index is 0.0618. The maximum atomic E-state index is 12.2. The van der Waals surface area contributed by atoms with Crippen molar-refractivity contribution in [2.45, 2.75) is 57.7 Å². The van der Waals surface area contributed by atoms with Crippen molar-refractivity contribution in [3.63, 3.8) is 0 Å². The first kappa shape index (κ1) is 17.0. The van der Waals surface area contributed by atoms with Gasteiger partial charge in [0.1, 0.15) is 18.0 Å². The predicted octanol–water partition coefficient (Wildman–Crippen LogP) is 1.25. The van der Waals surface area contributed by atoms with Crippen LogP contribution in [0.15, 0.2) is 12.4 Å². The number of aromatic nitrogens is 2. The van der Waals surface area contributed by atoms with Crippen LogP contribution in [-0.2, 0) is 4.79 Å². The van der Waals surface area contributed by atoms with E-state index in [9.17, 15) is 9.90 Å². The highest BCUT2D eigenvalue weighted by Crippen LogP contribution is 2.27. The Morgan fingerprint density at radius 1 is 1.38 bits per heavy atom. The molecule has 7 nitrogen and oxygen atoms in total. The molecular weight excluding hydrogens is 306 g/mol. The number of nitrogens with zero attached hydrogens (tertiary/aromatic N) is 4. The Labute approximate surface area is 143 Å². The van der Waals surface area contributed by atoms with Gasteiger partial charge in [0.25, 0.3) is 0 Å². The van der Waals surface area contributed by atoms with E-state index in [1.807, 2.05) is 11.0 Å². The molecule has 2 aliphatic rings. The first-order chi connectivity index (χ1) is 11.4. The molecule has 2 N–H and O–H groups in total. The highest BCUT2D eigenvalue weighted by atomic mass is 16.3. The van der Waals surface area contributed by atoms with Gasteiger partial charge in [0.05, 0.1) is 18.7 Å². The molecule has 0 aromatic carbocycles. The lowest BCUT2D eigenvalue weighted by Gasteiger charge is -2.32. The molecule has 0 radical (unpaired) electrons. The maximum absolute atomic E-state index is 12.2. The molecule has 1 aromatic heterocycles. The van der Waals surface area contributed by atoms with Crippen LogP contribution in [-0.4, -0.2) is 63.2 Å². The van der Waals surface area contributed by atoms with Crippen LogP contribution in [0.1, 0.15) is 40.0 Å². The predicted molar refractivity (Wildman–Crippen MR) is 93.0 cm³/mol. The van der Waals surface area contributed by atoms with Gasteiger partial charge in [0, 0.05) is 31.1 Å². The largest absolute Gasteiger partial charge is 0.394 e. The van der Waals surface area contributed by atoms with Gasteiger partial charge in [0.2, 0.25) is 5.91 Å². The van der Waals surface area contributed by atoms with E-state index >= 15 is 0 Å². The van der Waals surface area contributed by atoms with Crippen LogP contribution in [0.5, 0.6) is 0 Å². The lowest BCUT2D eigenvalue weighted by Crippen LogP contribution is -2.43. The van der Waals surface area contributed by atoms with Crippen LogP contribution in [0.4, 0.5) is 11.6 Å². The van der Waals surface area contributed by atoms with Crippen molar-refractivity contribution in [3.8, 4) is 0 Å². The highest BCUT2D eigenvalue weighted by molar-refractivity contribution is 5.80. The summed E-state index contributed by atoms with van der Waals surface area (Å²) in [6.07, 6.45) is 4.08. The maximum Gasteiger partial charge on any atom is 0.225 e. The fourth-order valence-electron chi connectivity index (χ4n) is 3.57. The van der Waals surface area contributed by atoms with Gasteiger partial charge in [-0.25, -0.2) is 9.97 Å². The Hall–Kier alpha value is -1.89. The molecule has 132 valence electrons. The fraction of sp³-hybridized carbons (Fsp3) is 0.706. The number of rotatable bonds is 4. The molecule has 2 saturated heterocycles. The van der Waals surface area contributed by atoms with E-state index in [2.05, 4.69) is 41.0 Å². The summed E-state index contributed by atoms with van der Waals surface area (Å²) in [6.45, 7) is 7.89. The molecular formula is C17H27N5O2. The van der Waals surface area contributed by atoms with Crippen molar-refractivity contribution in [1.29, 1.82) is 0 Å². The van der Waals surface area contributed by atoms with Crippen molar-refractivity contribution < 1.29 is 9.90 Å². The smallest absolute Gasteiger partial charge is 0.225 e. The highest BCUT2D eigenvalue weighted by Gasteiger charge is 2.36. The standard InChI is InChI=1S/C17H27N5O2/c1-17(2,3)22-9-12(7-16(22)24)20-14-8-15(19-11-18-14)21-6-4-5-13(21)10-23/h8,11-13,23H,4-7,9-10H2,1-3H3,(H,18,19,20). The molecule has 3 heterocycles. The Morgan fingerprint density at radius 2 is 2.17 bits per heavy atom. The lowest BCUT2D eigenvalue weighted by atomic mass is 10.1. The number of aliphatic hydroxyl groups is 1. The first-order valence-electron chi connectivity index (χ1n) is 8.65. The van der Waals surface area contributed by atoms with Crippen molar-refractivity contribution in [3.05, 3.63) is 12.4 Å². The number of amides is 1. The summed E-state index contributed by atoms with van der Waals surface area (Å²) in [5, 5.41) is 12.9. The second kappa shape index (κ2) is 6.55. The second-order valence-corrected chi connectivity index (χ2v) is 7.65. The van der Waals surface area contributed by atoms with Gasteiger partial charge in [-0.2, -0.15) is 0 Å². The van der Waals surface area contributed by atoms with Crippen LogP contribution in [0.25, 0.3) is 0 Å². The molecule has 2 fully saturated rings. The number of aliphatic hydroxyl groups excluding tert-OH is 1. The Morgan fingerprint density at radius 3 is 2.83 bits per heavy atom. The summed E-state index contributed by atoms with van der Waals surface area (Å²) < 4.78 is 0. The van der Waals surface area contributed by atoms with Gasteiger partial charge in [-0.15, -0.1) is 0 Å². The summed E-state index contributed by atoms with van der Waals surface area (Å²) >= 11 is 0. The van der Waals surface area contributed by atoms with E-state index in [4.69, 9.17) is 0 Å². The molecule has 1 amide bonds. The third-order valence-corrected chi connectivity index (χ3v) is 4.82. The number of hydrogen-bond acceptors (Lipinski definition) is 6. The summed E-state index contributed by atoms with van der Waals surface area (Å²) in [7, 11) is 0. The first-order valence-corrected chi connectivity index (χ1v) is 8.65. The number of carbonyl (C=O) groups is 1. The minimum atomic E-state index is -0.158. The van der Waals surface area contributed by atoms with E-state index in [1.165, 1.54) is 0 Å². The normalized spacial score (nSPS) is 24.8. The third kappa shape index (κ3) is 3.45. The van der Waals surface area contributed by atoms with Gasteiger partial charge < -0.3 is 20.2 Å². The molecule has 3 rings (SSSR count). The van der Waals surface area contributed by atoms with Crippen LogP contribution in [0.3, 0.4) is 0 Å². The Kier molecular flexibility index (Phi) is 4.62. The van der Waals surface area contributed by atoms with E-state index in [-0.39, 0.29) is 30.1 Å². The summed E-state index contributed by atoms with van der Waals surface area (Å²) in [6, 6.07) is 2.11. The van der Waals surface area contributed by atoms with E-state index in [1.54, 1.807) is 6.33 Å². The Bertz CT molecular complexity index is 601. The summed E-state index contributed by atoms with van der Waals surface area (Å²) in [5.74, 6) is 1.74. The van der Waals surface area contributed by atoms with Crippen molar-refractivity contribution in [2.75, 3.05) is 29.9 Å². The quantitative estimate of drug-likeness (QED) is 0.863. The zero-order valence-corrected chi connectivity index (χ0v) is 14.7. The fourth-order valence-corrected chi connectivity index (χ4v) is 3.57. The van der Waals surface area contributed by atoms with E-state index < -0.39 is 0 Å². The monoisotopic (exact) mass is 333 g/mol.